The van der Waals surface area contributed by atoms with E-state index in [0.717, 1.165) is 36.2 Å². The normalized spacial score (nSPS) is 10.6. The molecule has 0 unspecified atom stereocenters. The Morgan fingerprint density at radius 1 is 1.26 bits per heavy atom. The van der Waals surface area contributed by atoms with Gasteiger partial charge in [-0.1, -0.05) is 30.2 Å². The highest BCUT2D eigenvalue weighted by Gasteiger charge is 2.10. The maximum Gasteiger partial charge on any atom is 0.305 e. The fourth-order valence-electron chi connectivity index (χ4n) is 2.73. The number of aromatic amines is 1. The molecule has 7 nitrogen and oxygen atoms in total. The van der Waals surface area contributed by atoms with E-state index < -0.39 is 0 Å². The van der Waals surface area contributed by atoms with E-state index in [2.05, 4.69) is 20.3 Å². The lowest BCUT2D eigenvalue weighted by molar-refractivity contribution is -0.140. The Bertz CT molecular complexity index is 828. The molecule has 1 heterocycles. The molecule has 0 aliphatic rings. The predicted octanol–water partition coefficient (Wildman–Crippen LogP) is 3.16. The molecule has 0 radical (unpaired) electrons. The van der Waals surface area contributed by atoms with E-state index in [1.54, 1.807) is 0 Å². The third-order valence-corrected chi connectivity index (χ3v) is 4.52. The van der Waals surface area contributed by atoms with Crippen molar-refractivity contribution in [3.8, 4) is 11.4 Å². The maximum absolute atomic E-state index is 12.1. The van der Waals surface area contributed by atoms with Crippen LogP contribution in [0.1, 0.15) is 37.7 Å². The van der Waals surface area contributed by atoms with Crippen molar-refractivity contribution in [1.82, 2.24) is 20.1 Å². The number of aryl methyl sites for hydroxylation is 1. The lowest BCUT2D eigenvalue weighted by Crippen LogP contribution is -2.25. The molecule has 1 amide bonds. The lowest BCUT2D eigenvalue weighted by atomic mass is 10.1. The zero-order valence-electron chi connectivity index (χ0n) is 15.8. The first-order valence-corrected chi connectivity index (χ1v) is 9.48. The van der Waals surface area contributed by atoms with Crippen LogP contribution < -0.4 is 5.32 Å². The molecule has 0 spiro atoms. The SMILES string of the molecule is COC(=O)CCCCCNC(=O)CCn1c(-c2cccc(C)c2)n[nH]c1=S. The van der Waals surface area contributed by atoms with E-state index in [0.29, 0.717) is 30.7 Å². The number of hydrogen-bond donors (Lipinski definition) is 2. The number of carbonyl (C=O) groups excluding carboxylic acids is 2. The van der Waals surface area contributed by atoms with Gasteiger partial charge < -0.3 is 10.1 Å². The first-order valence-electron chi connectivity index (χ1n) is 9.07. The van der Waals surface area contributed by atoms with E-state index in [-0.39, 0.29) is 11.9 Å². The van der Waals surface area contributed by atoms with Gasteiger partial charge in [0, 0.05) is 31.5 Å². The summed E-state index contributed by atoms with van der Waals surface area (Å²) >= 11 is 5.30. The lowest BCUT2D eigenvalue weighted by Gasteiger charge is -2.08. The minimum Gasteiger partial charge on any atom is -0.469 e. The number of nitrogens with zero attached hydrogens (tertiary/aromatic N) is 2. The van der Waals surface area contributed by atoms with Crippen molar-refractivity contribution in [3.63, 3.8) is 0 Å². The Morgan fingerprint density at radius 2 is 2.07 bits per heavy atom. The highest BCUT2D eigenvalue weighted by atomic mass is 32.1. The van der Waals surface area contributed by atoms with Gasteiger partial charge in [0.05, 0.1) is 7.11 Å². The van der Waals surface area contributed by atoms with Crippen molar-refractivity contribution in [2.24, 2.45) is 0 Å². The summed E-state index contributed by atoms with van der Waals surface area (Å²) in [4.78, 5) is 23.1. The van der Waals surface area contributed by atoms with E-state index in [1.165, 1.54) is 7.11 Å². The number of amides is 1. The summed E-state index contributed by atoms with van der Waals surface area (Å²) in [6.45, 7) is 3.09. The molecule has 0 aliphatic carbocycles. The van der Waals surface area contributed by atoms with Crippen LogP contribution in [0.3, 0.4) is 0 Å². The van der Waals surface area contributed by atoms with Gasteiger partial charge in [0.25, 0.3) is 0 Å². The molecule has 0 saturated heterocycles. The van der Waals surface area contributed by atoms with Crippen LogP contribution in [0.25, 0.3) is 11.4 Å². The monoisotopic (exact) mass is 390 g/mol. The summed E-state index contributed by atoms with van der Waals surface area (Å²) < 4.78 is 6.94. The highest BCUT2D eigenvalue weighted by molar-refractivity contribution is 7.71. The summed E-state index contributed by atoms with van der Waals surface area (Å²) in [6, 6.07) is 8.01. The maximum atomic E-state index is 12.1. The second-order valence-corrected chi connectivity index (χ2v) is 6.75. The number of nitrogens with one attached hydrogen (secondary N) is 2. The number of benzene rings is 1. The summed E-state index contributed by atoms with van der Waals surface area (Å²) in [5.41, 5.74) is 2.10. The van der Waals surface area contributed by atoms with Crippen molar-refractivity contribution in [3.05, 3.63) is 34.6 Å². The van der Waals surface area contributed by atoms with Crippen molar-refractivity contribution in [2.45, 2.75) is 45.6 Å². The van der Waals surface area contributed by atoms with Crippen LogP contribution in [0.5, 0.6) is 0 Å². The largest absolute Gasteiger partial charge is 0.469 e. The number of H-pyrrole nitrogens is 1. The molecule has 1 aromatic carbocycles. The number of carbonyl (C=O) groups is 2. The van der Waals surface area contributed by atoms with Crippen LogP contribution in [0, 0.1) is 11.7 Å². The van der Waals surface area contributed by atoms with Crippen molar-refractivity contribution in [2.75, 3.05) is 13.7 Å². The first-order chi connectivity index (χ1) is 13.0. The third-order valence-electron chi connectivity index (χ3n) is 4.20. The Balaban J connectivity index is 1.78. The van der Waals surface area contributed by atoms with Crippen LogP contribution in [0.2, 0.25) is 0 Å². The second-order valence-electron chi connectivity index (χ2n) is 6.36. The number of aromatic nitrogens is 3. The Kier molecular flexibility index (Phi) is 8.19. The average Bonchev–Trinajstić information content (AvgIpc) is 3.03. The molecule has 0 bridgehead atoms. The molecular formula is C19H26N4O3S. The second kappa shape index (κ2) is 10.6. The van der Waals surface area contributed by atoms with Crippen molar-refractivity contribution >= 4 is 24.1 Å². The number of hydrogen-bond acceptors (Lipinski definition) is 5. The number of ether oxygens (including phenoxy) is 1. The van der Waals surface area contributed by atoms with Gasteiger partial charge in [0.2, 0.25) is 5.91 Å². The van der Waals surface area contributed by atoms with Gasteiger partial charge in [-0.25, -0.2) is 0 Å². The van der Waals surface area contributed by atoms with Crippen LogP contribution in [0.4, 0.5) is 0 Å². The Hall–Kier alpha value is -2.48. The van der Waals surface area contributed by atoms with Gasteiger partial charge in [-0.3, -0.25) is 19.3 Å². The predicted molar refractivity (Wildman–Crippen MR) is 106 cm³/mol. The highest BCUT2D eigenvalue weighted by Crippen LogP contribution is 2.18. The zero-order valence-corrected chi connectivity index (χ0v) is 16.6. The zero-order chi connectivity index (χ0) is 19.6. The number of methoxy groups -OCH3 is 1. The Labute approximate surface area is 164 Å². The molecule has 2 aromatic rings. The quantitative estimate of drug-likeness (QED) is 0.370. The fraction of sp³-hybridized carbons (Fsp3) is 0.474. The van der Waals surface area contributed by atoms with Gasteiger partial charge in [-0.15, -0.1) is 0 Å². The smallest absolute Gasteiger partial charge is 0.305 e. The fourth-order valence-corrected chi connectivity index (χ4v) is 2.96. The van der Waals surface area contributed by atoms with Crippen LogP contribution >= 0.6 is 12.2 Å². The standard InChI is InChI=1S/C19H26N4O3S/c1-14-7-6-8-15(13-14)18-21-22-19(27)23(18)12-10-16(24)20-11-5-3-4-9-17(25)26-2/h6-8,13H,3-5,9-12H2,1-2H3,(H,20,24)(H,22,27). The minimum atomic E-state index is -0.194. The topological polar surface area (TPSA) is 89.0 Å². The number of rotatable bonds is 10. The average molecular weight is 391 g/mol. The van der Waals surface area contributed by atoms with E-state index in [9.17, 15) is 9.59 Å². The van der Waals surface area contributed by atoms with Crippen LogP contribution in [0.15, 0.2) is 24.3 Å². The van der Waals surface area contributed by atoms with E-state index >= 15 is 0 Å². The van der Waals surface area contributed by atoms with Crippen LogP contribution in [-0.4, -0.2) is 40.3 Å². The molecule has 146 valence electrons. The summed E-state index contributed by atoms with van der Waals surface area (Å²) in [7, 11) is 1.39. The molecule has 27 heavy (non-hydrogen) atoms. The first kappa shape index (κ1) is 20.8. The van der Waals surface area contributed by atoms with Gasteiger partial charge in [0.1, 0.15) is 0 Å². The molecule has 2 rings (SSSR count). The summed E-state index contributed by atoms with van der Waals surface area (Å²) in [5, 5.41) is 10.0. The molecule has 0 atom stereocenters. The van der Waals surface area contributed by atoms with Crippen molar-refractivity contribution in [1.29, 1.82) is 0 Å². The molecule has 8 heteroatoms. The van der Waals surface area contributed by atoms with Gasteiger partial charge >= 0.3 is 5.97 Å². The molecule has 2 N–H and O–H groups in total. The number of unbranched alkanes of at least 4 members (excludes halogenated alkanes) is 2. The molecule has 0 aliphatic heterocycles. The Morgan fingerprint density at radius 3 is 2.81 bits per heavy atom. The third kappa shape index (κ3) is 6.63. The molecule has 0 saturated carbocycles. The number of esters is 1. The van der Waals surface area contributed by atoms with E-state index in [4.69, 9.17) is 12.2 Å². The van der Waals surface area contributed by atoms with Gasteiger partial charge in [0.15, 0.2) is 10.6 Å². The van der Waals surface area contributed by atoms with Crippen molar-refractivity contribution < 1.29 is 14.3 Å². The summed E-state index contributed by atoms with van der Waals surface area (Å²) in [5.74, 6) is 0.515. The van der Waals surface area contributed by atoms with Gasteiger partial charge in [-0.05, 0) is 38.0 Å². The molecule has 0 fully saturated rings. The van der Waals surface area contributed by atoms with Crippen LogP contribution in [-0.2, 0) is 20.9 Å². The van der Waals surface area contributed by atoms with E-state index in [1.807, 2.05) is 35.8 Å². The molecule has 1 aromatic heterocycles. The molecular weight excluding hydrogens is 364 g/mol. The minimum absolute atomic E-state index is 0.0266. The summed E-state index contributed by atoms with van der Waals surface area (Å²) in [6.07, 6.45) is 3.23. The van der Waals surface area contributed by atoms with Gasteiger partial charge in [-0.2, -0.15) is 5.10 Å².